The van der Waals surface area contributed by atoms with E-state index < -0.39 is 0 Å². The van der Waals surface area contributed by atoms with Crippen LogP contribution in [0.15, 0.2) is 0 Å². The number of rotatable bonds is 5. The number of hydrogen-bond acceptors (Lipinski definition) is 2. The summed E-state index contributed by atoms with van der Waals surface area (Å²) in [6.07, 6.45) is 5.00. The van der Waals surface area contributed by atoms with Crippen LogP contribution in [0.4, 0.5) is 0 Å². The van der Waals surface area contributed by atoms with Crippen molar-refractivity contribution >= 4 is 21.8 Å². The number of fused-ring (bicyclic) bond motifs is 1. The van der Waals surface area contributed by atoms with E-state index >= 15 is 0 Å². The lowest BCUT2D eigenvalue weighted by Gasteiger charge is -2.36. The highest BCUT2D eigenvalue weighted by Crippen LogP contribution is 2.53. The van der Waals surface area contributed by atoms with E-state index in [9.17, 15) is 4.79 Å². The smallest absolute Gasteiger partial charge is 0.231 e. The molecule has 0 saturated carbocycles. The molecule has 0 unspecified atom stereocenters. The molecule has 0 aromatic heterocycles. The Bertz CT molecular complexity index is 406. The van der Waals surface area contributed by atoms with Gasteiger partial charge in [0.25, 0.3) is 0 Å². The van der Waals surface area contributed by atoms with Crippen molar-refractivity contribution in [2.75, 3.05) is 11.9 Å². The summed E-state index contributed by atoms with van der Waals surface area (Å²) in [6.45, 7) is 11.6. The number of nitrogens with zero attached hydrogens (tertiary/aromatic N) is 1. The molecule has 2 rings (SSSR count). The average molecular weight is 360 g/mol. The summed E-state index contributed by atoms with van der Waals surface area (Å²) >= 11 is 3.49. The Balaban J connectivity index is 2.25. The molecule has 2 aliphatic heterocycles. The first-order chi connectivity index (χ1) is 9.70. The number of hydrogen-bond donors (Lipinski definition) is 0. The first-order valence-electron chi connectivity index (χ1n) is 8.24. The highest BCUT2D eigenvalue weighted by atomic mass is 79.9. The van der Waals surface area contributed by atoms with Crippen LogP contribution in [0.3, 0.4) is 0 Å². The van der Waals surface area contributed by atoms with Gasteiger partial charge in [0.1, 0.15) is 5.72 Å². The predicted octanol–water partition coefficient (Wildman–Crippen LogP) is 4.34. The van der Waals surface area contributed by atoms with Gasteiger partial charge in [0.15, 0.2) is 0 Å². The lowest BCUT2D eigenvalue weighted by atomic mass is 9.77. The lowest BCUT2D eigenvalue weighted by molar-refractivity contribution is -0.143. The normalized spacial score (nSPS) is 36.4. The number of carbonyl (C=O) groups is 1. The van der Waals surface area contributed by atoms with Crippen LogP contribution in [-0.2, 0) is 9.53 Å². The van der Waals surface area contributed by atoms with Gasteiger partial charge in [-0.2, -0.15) is 0 Å². The number of carbonyl (C=O) groups excluding carboxylic acids is 1. The monoisotopic (exact) mass is 359 g/mol. The van der Waals surface area contributed by atoms with E-state index in [-0.39, 0.29) is 22.6 Å². The molecule has 3 nitrogen and oxygen atoms in total. The fraction of sp³-hybridized carbons (Fsp3) is 0.941. The van der Waals surface area contributed by atoms with Crippen LogP contribution in [0.25, 0.3) is 0 Å². The van der Waals surface area contributed by atoms with Crippen LogP contribution in [-0.4, -0.2) is 34.5 Å². The van der Waals surface area contributed by atoms with Gasteiger partial charge in [-0.15, -0.1) is 0 Å². The molecule has 2 heterocycles. The van der Waals surface area contributed by atoms with Crippen LogP contribution >= 0.6 is 15.9 Å². The largest absolute Gasteiger partial charge is 0.354 e. The minimum Gasteiger partial charge on any atom is -0.354 e. The van der Waals surface area contributed by atoms with Gasteiger partial charge in [-0.1, -0.05) is 50.0 Å². The molecular weight excluding hydrogens is 330 g/mol. The summed E-state index contributed by atoms with van der Waals surface area (Å²) in [6, 6.07) is 0.194. The van der Waals surface area contributed by atoms with Crippen molar-refractivity contribution in [3.8, 4) is 0 Å². The molecule has 2 aliphatic rings. The first-order valence-corrected chi connectivity index (χ1v) is 9.36. The second kappa shape index (κ2) is 5.84. The molecule has 0 radical (unpaired) electrons. The number of unbranched alkanes of at least 4 members (excludes halogenated alkanes) is 1. The van der Waals surface area contributed by atoms with Crippen molar-refractivity contribution in [1.82, 2.24) is 4.90 Å². The third kappa shape index (κ3) is 2.90. The summed E-state index contributed by atoms with van der Waals surface area (Å²) in [5, 5.41) is 1.02. The average Bonchev–Trinajstić information content (AvgIpc) is 2.83. The summed E-state index contributed by atoms with van der Waals surface area (Å²) in [5.41, 5.74) is -0.534. The molecule has 0 aromatic rings. The van der Waals surface area contributed by atoms with E-state index in [1.165, 1.54) is 0 Å². The molecule has 21 heavy (non-hydrogen) atoms. The Hall–Kier alpha value is -0.0900. The van der Waals surface area contributed by atoms with Crippen molar-refractivity contribution in [2.45, 2.75) is 78.5 Å². The standard InChI is InChI=1S/C17H30BrNO2/c1-6-17(9-7-8-10-18)12-16(5)19(14(17)20)13(11-21-16)15(2,3)4/h13H,6-12H2,1-5H3/t13-,16-,17-/m1/s1. The summed E-state index contributed by atoms with van der Waals surface area (Å²) in [5.74, 6) is 0.333. The summed E-state index contributed by atoms with van der Waals surface area (Å²) in [4.78, 5) is 15.3. The highest BCUT2D eigenvalue weighted by Gasteiger charge is 2.63. The SMILES string of the molecule is CC[C@@]1(CCCCBr)C[C@@]2(C)OC[C@H](C(C)(C)C)N2C1=O. The second-order valence-electron chi connectivity index (χ2n) is 8.00. The van der Waals surface area contributed by atoms with Crippen LogP contribution in [0, 0.1) is 10.8 Å². The summed E-state index contributed by atoms with van der Waals surface area (Å²) in [7, 11) is 0. The third-order valence-corrected chi connectivity index (χ3v) is 5.99. The molecule has 0 N–H and O–H groups in total. The Kier molecular flexibility index (Phi) is 4.80. The van der Waals surface area contributed by atoms with Crippen molar-refractivity contribution in [1.29, 1.82) is 0 Å². The minimum absolute atomic E-state index is 0.0626. The van der Waals surface area contributed by atoms with Crippen LogP contribution < -0.4 is 0 Å². The first kappa shape index (κ1) is 17.3. The molecular formula is C17H30BrNO2. The molecule has 0 aliphatic carbocycles. The molecule has 122 valence electrons. The number of alkyl halides is 1. The van der Waals surface area contributed by atoms with Gasteiger partial charge < -0.3 is 9.64 Å². The molecule has 0 aromatic carbocycles. The highest BCUT2D eigenvalue weighted by molar-refractivity contribution is 9.09. The van der Waals surface area contributed by atoms with Crippen molar-refractivity contribution in [3.05, 3.63) is 0 Å². The molecule has 0 bridgehead atoms. The number of amides is 1. The Morgan fingerprint density at radius 2 is 2.05 bits per heavy atom. The fourth-order valence-corrected chi connectivity index (χ4v) is 4.42. The number of ether oxygens (including phenoxy) is 1. The molecule has 4 heteroatoms. The van der Waals surface area contributed by atoms with Gasteiger partial charge in [0.2, 0.25) is 5.91 Å². The van der Waals surface area contributed by atoms with E-state index in [2.05, 4.69) is 55.4 Å². The van der Waals surface area contributed by atoms with E-state index in [0.717, 1.165) is 37.4 Å². The zero-order valence-electron chi connectivity index (χ0n) is 14.2. The second-order valence-corrected chi connectivity index (χ2v) is 8.79. The van der Waals surface area contributed by atoms with Gasteiger partial charge in [-0.3, -0.25) is 4.79 Å². The fourth-order valence-electron chi connectivity index (χ4n) is 4.03. The Labute approximate surface area is 137 Å². The number of halogens is 1. The zero-order chi connectivity index (χ0) is 15.9. The van der Waals surface area contributed by atoms with Crippen LogP contribution in [0.2, 0.25) is 0 Å². The van der Waals surface area contributed by atoms with Crippen molar-refractivity contribution in [2.24, 2.45) is 10.8 Å². The maximum Gasteiger partial charge on any atom is 0.231 e. The van der Waals surface area contributed by atoms with Crippen LogP contribution in [0.1, 0.15) is 66.7 Å². The molecule has 0 spiro atoms. The molecule has 2 saturated heterocycles. The minimum atomic E-state index is -0.389. The van der Waals surface area contributed by atoms with Gasteiger partial charge in [-0.25, -0.2) is 0 Å². The Morgan fingerprint density at radius 3 is 2.57 bits per heavy atom. The van der Waals surface area contributed by atoms with Crippen molar-refractivity contribution < 1.29 is 9.53 Å². The van der Waals surface area contributed by atoms with E-state index in [1.807, 2.05) is 0 Å². The molecule has 2 fully saturated rings. The van der Waals surface area contributed by atoms with Gasteiger partial charge in [0, 0.05) is 11.8 Å². The lowest BCUT2D eigenvalue weighted by Crippen LogP contribution is -2.49. The zero-order valence-corrected chi connectivity index (χ0v) is 15.8. The molecule has 1 amide bonds. The quantitative estimate of drug-likeness (QED) is 0.539. The maximum atomic E-state index is 13.2. The van der Waals surface area contributed by atoms with Gasteiger partial charge >= 0.3 is 0 Å². The third-order valence-electron chi connectivity index (χ3n) is 5.43. The van der Waals surface area contributed by atoms with E-state index in [4.69, 9.17) is 4.74 Å². The van der Waals surface area contributed by atoms with Gasteiger partial charge in [-0.05, 0) is 31.6 Å². The van der Waals surface area contributed by atoms with Crippen molar-refractivity contribution in [3.63, 3.8) is 0 Å². The van der Waals surface area contributed by atoms with E-state index in [0.29, 0.717) is 12.5 Å². The van der Waals surface area contributed by atoms with Gasteiger partial charge in [0.05, 0.1) is 18.1 Å². The molecule has 3 atom stereocenters. The van der Waals surface area contributed by atoms with Crippen LogP contribution in [0.5, 0.6) is 0 Å². The predicted molar refractivity (Wildman–Crippen MR) is 89.4 cm³/mol. The summed E-state index contributed by atoms with van der Waals surface area (Å²) < 4.78 is 6.13. The van der Waals surface area contributed by atoms with E-state index in [1.54, 1.807) is 0 Å². The maximum absolute atomic E-state index is 13.2. The topological polar surface area (TPSA) is 29.5 Å². The Morgan fingerprint density at radius 1 is 1.38 bits per heavy atom.